The first-order chi connectivity index (χ1) is 18.0. The van der Waals surface area contributed by atoms with E-state index < -0.39 is 5.79 Å². The van der Waals surface area contributed by atoms with E-state index in [1.54, 1.807) is 18.6 Å². The van der Waals surface area contributed by atoms with Crippen LogP contribution in [-0.4, -0.2) is 42.8 Å². The number of hydrogen-bond acceptors (Lipinski definition) is 9. The number of nitrogen functional groups attached to an aromatic ring is 1. The Labute approximate surface area is 213 Å². The van der Waals surface area contributed by atoms with Gasteiger partial charge in [-0.3, -0.25) is 9.55 Å². The lowest BCUT2D eigenvalue weighted by molar-refractivity contribution is -0.178. The number of aromatic nitrogens is 5. The highest BCUT2D eigenvalue weighted by Gasteiger charge is 2.38. The molecule has 4 aromatic heterocycles. The maximum Gasteiger partial charge on any atom is 0.194 e. The number of nitrogens with zero attached hydrogens (tertiary/aromatic N) is 5. The molecule has 0 aliphatic carbocycles. The van der Waals surface area contributed by atoms with E-state index in [1.807, 2.05) is 47.9 Å². The molecule has 188 valence electrons. The van der Waals surface area contributed by atoms with Crippen LogP contribution in [0.25, 0.3) is 27.6 Å². The van der Waals surface area contributed by atoms with Crippen LogP contribution in [0.2, 0.25) is 0 Å². The van der Waals surface area contributed by atoms with E-state index in [1.165, 1.54) is 6.33 Å². The number of pyridine rings is 2. The fraction of sp³-hybridized carbons (Fsp3) is 0.259. The van der Waals surface area contributed by atoms with Crippen LogP contribution >= 0.6 is 0 Å². The molecule has 0 unspecified atom stereocenters. The van der Waals surface area contributed by atoms with Gasteiger partial charge in [0.2, 0.25) is 0 Å². The summed E-state index contributed by atoms with van der Waals surface area (Å²) in [4.78, 5) is 17.7. The molecule has 0 spiro atoms. The summed E-state index contributed by atoms with van der Waals surface area (Å²) in [5.74, 6) is 0.415. The molecule has 1 aliphatic heterocycles. The SMILES string of the molecule is CCNc1ccc2ccc(OCc3cncc(-n4cc([C@@]5(O)CCCO5)c5c(N)ncnc54)c3)cc2n1. The van der Waals surface area contributed by atoms with Crippen molar-refractivity contribution in [3.8, 4) is 11.4 Å². The average molecular weight is 498 g/mol. The summed E-state index contributed by atoms with van der Waals surface area (Å²) in [6, 6.07) is 11.8. The minimum absolute atomic E-state index is 0.289. The molecule has 5 aromatic rings. The van der Waals surface area contributed by atoms with Gasteiger partial charge in [-0.15, -0.1) is 0 Å². The fourth-order valence-electron chi connectivity index (χ4n) is 4.73. The number of rotatable bonds is 7. The number of hydrogen-bond donors (Lipinski definition) is 3. The van der Waals surface area contributed by atoms with E-state index in [0.29, 0.717) is 42.0 Å². The summed E-state index contributed by atoms with van der Waals surface area (Å²) < 4.78 is 13.6. The maximum atomic E-state index is 11.1. The Balaban J connectivity index is 1.30. The van der Waals surface area contributed by atoms with Gasteiger partial charge in [0.25, 0.3) is 0 Å². The number of anilines is 2. The molecule has 5 heterocycles. The first kappa shape index (κ1) is 23.1. The van der Waals surface area contributed by atoms with Crippen LogP contribution in [0, 0.1) is 0 Å². The van der Waals surface area contributed by atoms with Gasteiger partial charge in [-0.2, -0.15) is 0 Å². The number of nitrogens with one attached hydrogen (secondary N) is 1. The summed E-state index contributed by atoms with van der Waals surface area (Å²) in [5.41, 5.74) is 9.82. The average Bonchev–Trinajstić information content (AvgIpc) is 3.53. The van der Waals surface area contributed by atoms with Crippen molar-refractivity contribution >= 4 is 33.6 Å². The molecule has 0 radical (unpaired) electrons. The highest BCUT2D eigenvalue weighted by Crippen LogP contribution is 2.40. The Kier molecular flexibility index (Phi) is 5.82. The zero-order valence-corrected chi connectivity index (χ0v) is 20.4. The second-order valence-corrected chi connectivity index (χ2v) is 9.03. The van der Waals surface area contributed by atoms with Crippen molar-refractivity contribution in [1.82, 2.24) is 24.5 Å². The Hall–Kier alpha value is -4.28. The van der Waals surface area contributed by atoms with E-state index in [-0.39, 0.29) is 5.82 Å². The second-order valence-electron chi connectivity index (χ2n) is 9.03. The van der Waals surface area contributed by atoms with Crippen molar-refractivity contribution in [3.05, 3.63) is 72.4 Å². The van der Waals surface area contributed by atoms with Crippen molar-refractivity contribution in [2.45, 2.75) is 32.2 Å². The van der Waals surface area contributed by atoms with Gasteiger partial charge in [0.05, 0.1) is 29.4 Å². The molecule has 10 heteroatoms. The van der Waals surface area contributed by atoms with E-state index in [9.17, 15) is 5.11 Å². The summed E-state index contributed by atoms with van der Waals surface area (Å²) >= 11 is 0. The topological polar surface area (TPSA) is 133 Å². The van der Waals surface area contributed by atoms with Crippen LogP contribution in [0.3, 0.4) is 0 Å². The van der Waals surface area contributed by atoms with E-state index in [0.717, 1.165) is 40.9 Å². The molecule has 0 bridgehead atoms. The number of ether oxygens (including phenoxy) is 2. The normalized spacial score (nSPS) is 17.5. The molecule has 10 nitrogen and oxygen atoms in total. The highest BCUT2D eigenvalue weighted by molar-refractivity contribution is 5.91. The summed E-state index contributed by atoms with van der Waals surface area (Å²) in [6.07, 6.45) is 7.93. The van der Waals surface area contributed by atoms with Gasteiger partial charge in [0.15, 0.2) is 11.4 Å². The fourth-order valence-corrected chi connectivity index (χ4v) is 4.73. The number of nitrogens with two attached hydrogens (primary N) is 1. The quantitative estimate of drug-likeness (QED) is 0.306. The third-order valence-corrected chi connectivity index (χ3v) is 6.52. The molecule has 1 fully saturated rings. The van der Waals surface area contributed by atoms with E-state index in [4.69, 9.17) is 15.2 Å². The molecule has 37 heavy (non-hydrogen) atoms. The molecule has 1 aliphatic rings. The lowest BCUT2D eigenvalue weighted by Gasteiger charge is -2.20. The van der Waals surface area contributed by atoms with Gasteiger partial charge in [0, 0.05) is 47.9 Å². The molecule has 0 amide bonds. The van der Waals surface area contributed by atoms with Gasteiger partial charge in [-0.05, 0) is 43.7 Å². The Morgan fingerprint density at radius 3 is 2.92 bits per heavy atom. The van der Waals surface area contributed by atoms with Crippen molar-refractivity contribution < 1.29 is 14.6 Å². The number of benzene rings is 1. The first-order valence-electron chi connectivity index (χ1n) is 12.2. The molecule has 6 rings (SSSR count). The first-order valence-corrected chi connectivity index (χ1v) is 12.2. The summed E-state index contributed by atoms with van der Waals surface area (Å²) in [5, 5.41) is 16.0. The third-order valence-electron chi connectivity index (χ3n) is 6.52. The van der Waals surface area contributed by atoms with Crippen LogP contribution in [0.4, 0.5) is 11.6 Å². The number of fused-ring (bicyclic) bond motifs is 2. The molecule has 0 saturated carbocycles. The maximum absolute atomic E-state index is 11.1. The molecular formula is C27H27N7O3. The Morgan fingerprint density at radius 1 is 1.19 bits per heavy atom. The van der Waals surface area contributed by atoms with Gasteiger partial charge in [0.1, 0.15) is 30.3 Å². The largest absolute Gasteiger partial charge is 0.489 e. The molecule has 1 aromatic carbocycles. The lowest BCUT2D eigenvalue weighted by atomic mass is 10.0. The number of aliphatic hydroxyl groups is 1. The van der Waals surface area contributed by atoms with Crippen molar-refractivity contribution in [1.29, 1.82) is 0 Å². The monoisotopic (exact) mass is 497 g/mol. The summed E-state index contributed by atoms with van der Waals surface area (Å²) in [6.45, 7) is 3.64. The molecule has 1 atom stereocenters. The second kappa shape index (κ2) is 9.30. The van der Waals surface area contributed by atoms with Gasteiger partial charge in [-0.25, -0.2) is 15.0 Å². The summed E-state index contributed by atoms with van der Waals surface area (Å²) in [7, 11) is 0. The standard InChI is InChI=1S/C27H27N7O3/c1-2-30-23-7-5-18-4-6-20(11-22(18)33-23)36-15-17-10-19(13-29-12-17)34-14-21(27(35)8-3-9-37-27)24-25(28)31-16-32-26(24)34/h4-7,10-14,16,35H,2-3,8-9,15H2,1H3,(H,30,33)(H2,28,31,32)/t27-/m1/s1. The van der Waals surface area contributed by atoms with Gasteiger partial charge in [-0.1, -0.05) is 0 Å². The lowest BCUT2D eigenvalue weighted by Crippen LogP contribution is -2.23. The van der Waals surface area contributed by atoms with Gasteiger partial charge < -0.3 is 25.6 Å². The van der Waals surface area contributed by atoms with Crippen molar-refractivity contribution in [2.75, 3.05) is 24.2 Å². The smallest absolute Gasteiger partial charge is 0.194 e. The minimum atomic E-state index is -1.42. The van der Waals surface area contributed by atoms with Crippen LogP contribution in [0.1, 0.15) is 30.9 Å². The predicted molar refractivity (Wildman–Crippen MR) is 140 cm³/mol. The molecule has 4 N–H and O–H groups in total. The predicted octanol–water partition coefficient (Wildman–Crippen LogP) is 3.91. The van der Waals surface area contributed by atoms with Gasteiger partial charge >= 0.3 is 0 Å². The highest BCUT2D eigenvalue weighted by atomic mass is 16.6. The third kappa shape index (κ3) is 4.30. The van der Waals surface area contributed by atoms with Crippen molar-refractivity contribution in [2.24, 2.45) is 0 Å². The van der Waals surface area contributed by atoms with E-state index in [2.05, 4.69) is 25.3 Å². The zero-order valence-electron chi connectivity index (χ0n) is 20.4. The van der Waals surface area contributed by atoms with Crippen molar-refractivity contribution in [3.63, 3.8) is 0 Å². The Morgan fingerprint density at radius 2 is 2.08 bits per heavy atom. The van der Waals surface area contributed by atoms with Crippen LogP contribution in [0.5, 0.6) is 5.75 Å². The van der Waals surface area contributed by atoms with Crippen LogP contribution < -0.4 is 15.8 Å². The molecule has 1 saturated heterocycles. The Bertz CT molecular complexity index is 1590. The van der Waals surface area contributed by atoms with Crippen LogP contribution in [0.15, 0.2) is 61.3 Å². The molecular weight excluding hydrogens is 470 g/mol. The van der Waals surface area contributed by atoms with Crippen LogP contribution in [-0.2, 0) is 17.1 Å². The van der Waals surface area contributed by atoms with E-state index >= 15 is 0 Å². The minimum Gasteiger partial charge on any atom is -0.489 e. The zero-order chi connectivity index (χ0) is 25.4.